The molecule has 37 heavy (non-hydrogen) atoms. The number of halogens is 2. The van der Waals surface area contributed by atoms with Gasteiger partial charge in [-0.25, -0.2) is 0 Å². The van der Waals surface area contributed by atoms with Crippen LogP contribution in [-0.2, 0) is 16.0 Å². The molecule has 0 amide bonds. The molecule has 2 aliphatic rings. The van der Waals surface area contributed by atoms with Gasteiger partial charge in [0.05, 0.1) is 17.2 Å². The predicted molar refractivity (Wildman–Crippen MR) is 149 cm³/mol. The van der Waals surface area contributed by atoms with Crippen LogP contribution in [0, 0.1) is 5.92 Å². The summed E-state index contributed by atoms with van der Waals surface area (Å²) < 4.78 is 11.4. The Morgan fingerprint density at radius 1 is 1.03 bits per heavy atom. The molecule has 1 atom stereocenters. The summed E-state index contributed by atoms with van der Waals surface area (Å²) in [6.45, 7) is 5.03. The number of nitrogens with zero attached hydrogens (tertiary/aromatic N) is 2. The maximum absolute atomic E-state index is 12.8. The number of carbonyl (C=O) groups is 1. The fourth-order valence-electron chi connectivity index (χ4n) is 5.77. The zero-order chi connectivity index (χ0) is 25.8. The Morgan fingerprint density at radius 2 is 1.78 bits per heavy atom. The van der Waals surface area contributed by atoms with E-state index in [1.54, 1.807) is 12.1 Å². The highest BCUT2D eigenvalue weighted by atomic mass is 35.5. The van der Waals surface area contributed by atoms with Gasteiger partial charge in [0.2, 0.25) is 0 Å². The lowest BCUT2D eigenvalue weighted by molar-refractivity contribution is -0.147. The van der Waals surface area contributed by atoms with Crippen LogP contribution >= 0.6 is 23.2 Å². The predicted octanol–water partition coefficient (Wildman–Crippen LogP) is 5.81. The largest absolute Gasteiger partial charge is 0.490 e. The van der Waals surface area contributed by atoms with Gasteiger partial charge in [0.15, 0.2) is 0 Å². The average Bonchev–Trinajstić information content (AvgIpc) is 3.33. The highest BCUT2D eigenvalue weighted by Gasteiger charge is 2.32. The van der Waals surface area contributed by atoms with Crippen molar-refractivity contribution < 1.29 is 14.3 Å². The number of likely N-dealkylation sites (tertiary alicyclic amines) is 2. The first-order chi connectivity index (χ1) is 18.0. The summed E-state index contributed by atoms with van der Waals surface area (Å²) in [7, 11) is 1.49. The zero-order valence-electron chi connectivity index (χ0n) is 21.3. The van der Waals surface area contributed by atoms with Crippen LogP contribution < -0.4 is 4.74 Å². The van der Waals surface area contributed by atoms with Crippen LogP contribution in [-0.4, -0.2) is 72.7 Å². The highest BCUT2D eigenvalue weighted by molar-refractivity contribution is 6.42. The fourth-order valence-corrected chi connectivity index (χ4v) is 6.06. The van der Waals surface area contributed by atoms with Gasteiger partial charge in [0, 0.05) is 49.2 Å². The molecule has 0 saturated carbocycles. The van der Waals surface area contributed by atoms with E-state index in [0.717, 1.165) is 69.7 Å². The van der Waals surface area contributed by atoms with E-state index in [2.05, 4.69) is 26.9 Å². The Kier molecular flexibility index (Phi) is 8.60. The van der Waals surface area contributed by atoms with Crippen LogP contribution in [0.15, 0.2) is 48.7 Å². The van der Waals surface area contributed by atoms with Crippen molar-refractivity contribution in [3.05, 3.63) is 64.3 Å². The number of benzene rings is 2. The van der Waals surface area contributed by atoms with Gasteiger partial charge in [-0.2, -0.15) is 0 Å². The van der Waals surface area contributed by atoms with Gasteiger partial charge in [-0.3, -0.25) is 9.69 Å². The quantitative estimate of drug-likeness (QED) is 0.363. The molecule has 0 bridgehead atoms. The van der Waals surface area contributed by atoms with Gasteiger partial charge in [0.25, 0.3) is 0 Å². The number of nitrogens with one attached hydrogen (secondary N) is 1. The first-order valence-electron chi connectivity index (χ1n) is 13.2. The van der Waals surface area contributed by atoms with E-state index in [1.807, 2.05) is 24.4 Å². The van der Waals surface area contributed by atoms with E-state index >= 15 is 0 Å². The standard InChI is InChI=1S/C29H35Cl2N3O3/c1-36-29(35)28(16-21-18-32-27-5-3-2-4-24(21)27)34-14-8-20(9-15-34)19-33-12-10-22(11-13-33)37-23-6-7-25(30)26(31)17-23/h2-7,17-18,20,22,28,32H,8-16,19H2,1H3/t28-/m0/s1. The Hall–Kier alpha value is -2.25. The molecule has 2 aliphatic heterocycles. The molecule has 1 aromatic heterocycles. The molecule has 198 valence electrons. The van der Waals surface area contributed by atoms with Crippen molar-refractivity contribution in [3.63, 3.8) is 0 Å². The summed E-state index contributed by atoms with van der Waals surface area (Å²) >= 11 is 12.1. The van der Waals surface area contributed by atoms with Crippen molar-refractivity contribution in [1.29, 1.82) is 0 Å². The van der Waals surface area contributed by atoms with Crippen LogP contribution in [0.3, 0.4) is 0 Å². The van der Waals surface area contributed by atoms with Crippen LogP contribution in [0.1, 0.15) is 31.2 Å². The van der Waals surface area contributed by atoms with Crippen molar-refractivity contribution in [2.45, 2.75) is 44.2 Å². The van der Waals surface area contributed by atoms with Gasteiger partial charge in [-0.05, 0) is 68.5 Å². The lowest BCUT2D eigenvalue weighted by Crippen LogP contribution is -2.49. The van der Waals surface area contributed by atoms with Gasteiger partial charge in [0.1, 0.15) is 17.9 Å². The molecular formula is C29H35Cl2N3O3. The number of piperidine rings is 2. The molecule has 3 aromatic rings. The molecule has 8 heteroatoms. The summed E-state index contributed by atoms with van der Waals surface area (Å²) in [6, 6.07) is 13.5. The van der Waals surface area contributed by atoms with Gasteiger partial charge < -0.3 is 19.4 Å². The lowest BCUT2D eigenvalue weighted by atomic mass is 9.93. The fraction of sp³-hybridized carbons (Fsp3) is 0.483. The Balaban J connectivity index is 1.10. The molecule has 0 aliphatic carbocycles. The Labute approximate surface area is 228 Å². The van der Waals surface area contributed by atoms with Crippen LogP contribution in [0.2, 0.25) is 10.0 Å². The molecule has 5 rings (SSSR count). The summed E-state index contributed by atoms with van der Waals surface area (Å²) in [5, 5.41) is 2.25. The number of para-hydroxylation sites is 1. The SMILES string of the molecule is COC(=O)[C@H](Cc1c[nH]c2ccccc12)N1CCC(CN2CCC(Oc3ccc(Cl)c(Cl)c3)CC2)CC1. The lowest BCUT2D eigenvalue weighted by Gasteiger charge is -2.39. The summed E-state index contributed by atoms with van der Waals surface area (Å²) in [5.41, 5.74) is 2.27. The smallest absolute Gasteiger partial charge is 0.323 e. The van der Waals surface area contributed by atoms with E-state index in [-0.39, 0.29) is 18.1 Å². The van der Waals surface area contributed by atoms with Crippen molar-refractivity contribution in [2.24, 2.45) is 5.92 Å². The van der Waals surface area contributed by atoms with Crippen molar-refractivity contribution >= 4 is 40.1 Å². The first-order valence-corrected chi connectivity index (χ1v) is 14.0. The van der Waals surface area contributed by atoms with Crippen LogP contribution in [0.5, 0.6) is 5.75 Å². The molecule has 2 aromatic carbocycles. The monoisotopic (exact) mass is 543 g/mol. The van der Waals surface area contributed by atoms with Crippen molar-refractivity contribution in [1.82, 2.24) is 14.8 Å². The maximum Gasteiger partial charge on any atom is 0.323 e. The van der Waals surface area contributed by atoms with Gasteiger partial charge >= 0.3 is 5.97 Å². The second-order valence-corrected chi connectivity index (χ2v) is 11.1. The summed E-state index contributed by atoms with van der Waals surface area (Å²) in [6.07, 6.45) is 7.11. The minimum absolute atomic E-state index is 0.146. The van der Waals surface area contributed by atoms with Gasteiger partial charge in [-0.1, -0.05) is 41.4 Å². The molecular weight excluding hydrogens is 509 g/mol. The molecule has 2 fully saturated rings. The molecule has 2 saturated heterocycles. The zero-order valence-corrected chi connectivity index (χ0v) is 22.8. The molecule has 3 heterocycles. The number of ether oxygens (including phenoxy) is 2. The molecule has 6 nitrogen and oxygen atoms in total. The molecule has 1 N–H and O–H groups in total. The number of aromatic nitrogens is 1. The van der Waals surface area contributed by atoms with Crippen LogP contribution in [0.25, 0.3) is 10.9 Å². The topological polar surface area (TPSA) is 57.8 Å². The number of carbonyl (C=O) groups excluding carboxylic acids is 1. The number of aromatic amines is 1. The number of H-pyrrole nitrogens is 1. The third kappa shape index (κ3) is 6.43. The number of hydrogen-bond acceptors (Lipinski definition) is 5. The average molecular weight is 545 g/mol. The highest BCUT2D eigenvalue weighted by Crippen LogP contribution is 2.29. The van der Waals surface area contributed by atoms with Gasteiger partial charge in [-0.15, -0.1) is 0 Å². The Morgan fingerprint density at radius 3 is 2.51 bits per heavy atom. The van der Waals surface area contributed by atoms with Crippen LogP contribution in [0.4, 0.5) is 0 Å². The first kappa shape index (κ1) is 26.4. The normalized spacial score (nSPS) is 19.2. The maximum atomic E-state index is 12.8. The third-order valence-corrected chi connectivity index (χ3v) is 8.64. The minimum Gasteiger partial charge on any atom is -0.490 e. The van der Waals surface area contributed by atoms with Crippen molar-refractivity contribution in [3.8, 4) is 5.75 Å². The number of methoxy groups -OCH3 is 1. The third-order valence-electron chi connectivity index (χ3n) is 7.90. The minimum atomic E-state index is -0.251. The second kappa shape index (κ2) is 12.1. The summed E-state index contributed by atoms with van der Waals surface area (Å²) in [4.78, 5) is 21.0. The van der Waals surface area contributed by atoms with Crippen molar-refractivity contribution in [2.75, 3.05) is 39.8 Å². The molecule has 0 radical (unpaired) electrons. The molecule has 0 unspecified atom stereocenters. The second-order valence-electron chi connectivity index (χ2n) is 10.3. The molecule has 0 spiro atoms. The number of rotatable bonds is 8. The Bertz CT molecular complexity index is 1200. The van der Waals surface area contributed by atoms with E-state index in [0.29, 0.717) is 22.4 Å². The number of fused-ring (bicyclic) bond motifs is 1. The number of hydrogen-bond donors (Lipinski definition) is 1. The van der Waals surface area contributed by atoms with E-state index in [4.69, 9.17) is 32.7 Å². The van der Waals surface area contributed by atoms with E-state index in [1.165, 1.54) is 18.1 Å². The number of esters is 1. The summed E-state index contributed by atoms with van der Waals surface area (Å²) in [5.74, 6) is 1.29. The van der Waals surface area contributed by atoms with E-state index in [9.17, 15) is 4.79 Å². The van der Waals surface area contributed by atoms with E-state index < -0.39 is 0 Å².